The molecule has 1 fully saturated rings. The quantitative estimate of drug-likeness (QED) is 0.543. The molecule has 3 rings (SSSR count). The molecule has 7 nitrogen and oxygen atoms in total. The number of nitrogens with one attached hydrogen (secondary N) is 2. The van der Waals surface area contributed by atoms with Crippen LogP contribution in [0, 0.1) is 0 Å². The minimum Gasteiger partial charge on any atom is -0.468 e. The molecule has 28 heavy (non-hydrogen) atoms. The molecular weight excluding hydrogens is 376 g/mol. The Labute approximate surface area is 166 Å². The fourth-order valence-electron chi connectivity index (χ4n) is 3.40. The van der Waals surface area contributed by atoms with Crippen LogP contribution >= 0.6 is 0 Å². The Balaban J connectivity index is 1.56. The molecule has 0 spiro atoms. The van der Waals surface area contributed by atoms with Crippen LogP contribution in [0.3, 0.4) is 0 Å². The van der Waals surface area contributed by atoms with Crippen molar-refractivity contribution in [1.29, 1.82) is 0 Å². The molecule has 2 N–H and O–H groups in total. The van der Waals surface area contributed by atoms with Crippen molar-refractivity contribution in [1.82, 2.24) is 15.5 Å². The summed E-state index contributed by atoms with van der Waals surface area (Å²) in [5.74, 6) is 1.66. The van der Waals surface area contributed by atoms with Crippen LogP contribution in [-0.4, -0.2) is 52.2 Å². The van der Waals surface area contributed by atoms with Crippen LogP contribution in [0.15, 0.2) is 57.0 Å². The molecular formula is C20H28N4O3S. The topological polar surface area (TPSA) is 86.9 Å². The van der Waals surface area contributed by atoms with Crippen molar-refractivity contribution in [2.75, 3.05) is 32.9 Å². The Morgan fingerprint density at radius 2 is 1.89 bits per heavy atom. The molecule has 0 radical (unpaired) electrons. The summed E-state index contributed by atoms with van der Waals surface area (Å²) >= 11 is 0. The largest absolute Gasteiger partial charge is 0.468 e. The Hall–Kier alpha value is -2.32. The van der Waals surface area contributed by atoms with Gasteiger partial charge in [-0.2, -0.15) is 0 Å². The maximum Gasteiger partial charge on any atom is 0.191 e. The predicted octanol–water partition coefficient (Wildman–Crippen LogP) is 2.19. The monoisotopic (exact) mass is 404 g/mol. The predicted molar refractivity (Wildman–Crippen MR) is 110 cm³/mol. The highest BCUT2D eigenvalue weighted by Crippen LogP contribution is 2.24. The number of likely N-dealkylation sites (tertiary alicyclic amines) is 1. The van der Waals surface area contributed by atoms with Crippen molar-refractivity contribution in [3.8, 4) is 0 Å². The van der Waals surface area contributed by atoms with Gasteiger partial charge in [0.1, 0.15) is 5.76 Å². The second kappa shape index (κ2) is 9.25. The number of aliphatic imine (C=N–C) groups is 1. The van der Waals surface area contributed by atoms with Crippen LogP contribution in [-0.2, 0) is 16.4 Å². The molecule has 152 valence electrons. The second-order valence-electron chi connectivity index (χ2n) is 7.00. The zero-order valence-electron chi connectivity index (χ0n) is 16.4. The van der Waals surface area contributed by atoms with E-state index in [-0.39, 0.29) is 6.04 Å². The molecule has 1 aliphatic heterocycles. The summed E-state index contributed by atoms with van der Waals surface area (Å²) in [4.78, 5) is 7.05. The Bertz CT molecular complexity index is 871. The van der Waals surface area contributed by atoms with Gasteiger partial charge in [0.05, 0.1) is 17.2 Å². The molecule has 1 aliphatic rings. The van der Waals surface area contributed by atoms with Crippen molar-refractivity contribution in [2.24, 2.45) is 4.99 Å². The number of hydrogen-bond donors (Lipinski definition) is 2. The van der Waals surface area contributed by atoms with E-state index in [4.69, 9.17) is 4.42 Å². The standard InChI is InChI=1S/C20H28N4O3S/c1-21-20(22-14-16-7-9-17(10-8-16)28(2,25)26)23-15-18(19-6-5-13-27-19)24-11-3-4-12-24/h5-10,13,18H,3-4,11-12,14-15H2,1-2H3,(H2,21,22,23). The molecule has 1 unspecified atom stereocenters. The van der Waals surface area contributed by atoms with Crippen LogP contribution in [0.5, 0.6) is 0 Å². The third-order valence-electron chi connectivity index (χ3n) is 4.95. The molecule has 0 amide bonds. The summed E-state index contributed by atoms with van der Waals surface area (Å²) < 4.78 is 28.8. The van der Waals surface area contributed by atoms with E-state index >= 15 is 0 Å². The minimum absolute atomic E-state index is 0.171. The first-order valence-electron chi connectivity index (χ1n) is 9.48. The zero-order chi connectivity index (χ0) is 20.0. The number of benzene rings is 1. The summed E-state index contributed by atoms with van der Waals surface area (Å²) in [6.45, 7) is 3.40. The summed E-state index contributed by atoms with van der Waals surface area (Å²) in [5.41, 5.74) is 0.984. The van der Waals surface area contributed by atoms with Crippen molar-refractivity contribution >= 4 is 15.8 Å². The molecule has 1 aromatic heterocycles. The lowest BCUT2D eigenvalue weighted by Gasteiger charge is -2.26. The van der Waals surface area contributed by atoms with Gasteiger partial charge in [0.2, 0.25) is 0 Å². The summed E-state index contributed by atoms with van der Waals surface area (Å²) in [6.07, 6.45) is 5.36. The molecule has 1 atom stereocenters. The highest BCUT2D eigenvalue weighted by molar-refractivity contribution is 7.90. The van der Waals surface area contributed by atoms with Gasteiger partial charge in [-0.25, -0.2) is 8.42 Å². The number of furan rings is 1. The normalized spacial score (nSPS) is 16.9. The Morgan fingerprint density at radius 3 is 2.46 bits per heavy atom. The van der Waals surface area contributed by atoms with Gasteiger partial charge in [-0.15, -0.1) is 0 Å². The van der Waals surface area contributed by atoms with E-state index in [0.717, 1.165) is 24.4 Å². The van der Waals surface area contributed by atoms with E-state index in [1.807, 2.05) is 24.3 Å². The smallest absolute Gasteiger partial charge is 0.191 e. The van der Waals surface area contributed by atoms with E-state index < -0.39 is 9.84 Å². The van der Waals surface area contributed by atoms with Crippen LogP contribution in [0.25, 0.3) is 0 Å². The van der Waals surface area contributed by atoms with Gasteiger partial charge in [-0.05, 0) is 55.8 Å². The minimum atomic E-state index is -3.17. The zero-order valence-corrected chi connectivity index (χ0v) is 17.2. The highest BCUT2D eigenvalue weighted by Gasteiger charge is 2.25. The van der Waals surface area contributed by atoms with Gasteiger partial charge in [0.15, 0.2) is 15.8 Å². The lowest BCUT2D eigenvalue weighted by molar-refractivity contribution is 0.215. The lowest BCUT2D eigenvalue weighted by atomic mass is 10.2. The summed E-state index contributed by atoms with van der Waals surface area (Å²) in [5, 5.41) is 6.66. The molecule has 8 heteroatoms. The van der Waals surface area contributed by atoms with Gasteiger partial charge < -0.3 is 15.1 Å². The van der Waals surface area contributed by atoms with E-state index in [1.165, 1.54) is 19.1 Å². The van der Waals surface area contributed by atoms with E-state index in [0.29, 0.717) is 23.9 Å². The van der Waals surface area contributed by atoms with Gasteiger partial charge in [-0.3, -0.25) is 9.89 Å². The molecule has 2 aromatic rings. The first-order valence-corrected chi connectivity index (χ1v) is 11.4. The molecule has 2 heterocycles. The number of rotatable bonds is 7. The Morgan fingerprint density at radius 1 is 1.18 bits per heavy atom. The Kier molecular flexibility index (Phi) is 6.74. The number of sulfone groups is 1. The van der Waals surface area contributed by atoms with Crippen molar-refractivity contribution in [2.45, 2.75) is 30.3 Å². The number of guanidine groups is 1. The van der Waals surface area contributed by atoms with Gasteiger partial charge in [0.25, 0.3) is 0 Å². The molecule has 0 bridgehead atoms. The van der Waals surface area contributed by atoms with Crippen LogP contribution < -0.4 is 10.6 Å². The second-order valence-corrected chi connectivity index (χ2v) is 9.01. The van der Waals surface area contributed by atoms with Gasteiger partial charge in [-0.1, -0.05) is 12.1 Å². The number of hydrogen-bond acceptors (Lipinski definition) is 5. The summed E-state index contributed by atoms with van der Waals surface area (Å²) in [7, 11) is -1.44. The van der Waals surface area contributed by atoms with Crippen molar-refractivity contribution in [3.05, 3.63) is 54.0 Å². The third kappa shape index (κ3) is 5.36. The molecule has 1 saturated heterocycles. The third-order valence-corrected chi connectivity index (χ3v) is 6.08. The summed E-state index contributed by atoms with van der Waals surface area (Å²) in [6, 6.07) is 11.0. The first kappa shape index (κ1) is 20.4. The van der Waals surface area contributed by atoms with Crippen molar-refractivity contribution in [3.63, 3.8) is 0 Å². The van der Waals surface area contributed by atoms with Gasteiger partial charge in [0, 0.05) is 26.4 Å². The lowest BCUT2D eigenvalue weighted by Crippen LogP contribution is -2.42. The van der Waals surface area contributed by atoms with E-state index in [9.17, 15) is 8.42 Å². The van der Waals surface area contributed by atoms with Crippen LogP contribution in [0.2, 0.25) is 0 Å². The average molecular weight is 405 g/mol. The molecule has 0 aliphatic carbocycles. The van der Waals surface area contributed by atoms with E-state index in [2.05, 4.69) is 20.5 Å². The highest BCUT2D eigenvalue weighted by atomic mass is 32.2. The van der Waals surface area contributed by atoms with Crippen molar-refractivity contribution < 1.29 is 12.8 Å². The SMILES string of the molecule is CN=C(NCc1ccc(S(C)(=O)=O)cc1)NCC(c1ccco1)N1CCCC1. The maximum absolute atomic E-state index is 11.6. The average Bonchev–Trinajstić information content (AvgIpc) is 3.38. The van der Waals surface area contributed by atoms with Crippen LogP contribution in [0.1, 0.15) is 30.2 Å². The first-order chi connectivity index (χ1) is 13.5. The maximum atomic E-state index is 11.6. The van der Waals surface area contributed by atoms with Gasteiger partial charge >= 0.3 is 0 Å². The fourth-order valence-corrected chi connectivity index (χ4v) is 4.03. The number of nitrogens with zero attached hydrogens (tertiary/aromatic N) is 2. The van der Waals surface area contributed by atoms with Crippen LogP contribution in [0.4, 0.5) is 0 Å². The molecule has 1 aromatic carbocycles. The fraction of sp³-hybridized carbons (Fsp3) is 0.450. The van der Waals surface area contributed by atoms with E-state index in [1.54, 1.807) is 25.4 Å². The molecule has 0 saturated carbocycles.